The molecule has 5 rings (SSSR count). The van der Waals surface area contributed by atoms with E-state index in [9.17, 15) is 14.4 Å². The molecule has 208 valence electrons. The fourth-order valence-corrected chi connectivity index (χ4v) is 6.42. The normalized spacial score (nSPS) is 23.8. The highest BCUT2D eigenvalue weighted by Gasteiger charge is 2.47. The lowest BCUT2D eigenvalue weighted by Crippen LogP contribution is -2.52. The average molecular weight is 559 g/mol. The number of nitrogens with zero attached hydrogens (tertiary/aromatic N) is 2. The Balaban J connectivity index is 1.50. The van der Waals surface area contributed by atoms with Crippen LogP contribution in [0.2, 0.25) is 0 Å². The zero-order valence-corrected chi connectivity index (χ0v) is 22.9. The van der Waals surface area contributed by atoms with Gasteiger partial charge in [-0.25, -0.2) is 4.21 Å². The molecule has 1 aliphatic heterocycles. The van der Waals surface area contributed by atoms with E-state index in [0.29, 0.717) is 11.5 Å². The molecule has 2 N–H and O–H groups in total. The summed E-state index contributed by atoms with van der Waals surface area (Å²) >= 11 is -1.76. The van der Waals surface area contributed by atoms with E-state index in [1.54, 1.807) is 8.61 Å². The van der Waals surface area contributed by atoms with Crippen LogP contribution in [0.25, 0.3) is 0 Å². The molecule has 8 heteroatoms. The SMILES string of the molecule is O=S1N(Cc2ccccc2)[C@H](COc2ccccc2)[C@H](O)[C@@H](O)[C@@H](COc2ccccc2)N1Cc1ccccc1. The van der Waals surface area contributed by atoms with Crippen LogP contribution in [0, 0.1) is 0 Å². The first-order chi connectivity index (χ1) is 19.6. The van der Waals surface area contributed by atoms with Gasteiger partial charge in [-0.2, -0.15) is 8.61 Å². The fraction of sp³-hybridized carbons (Fsp3) is 0.250. The zero-order chi connectivity index (χ0) is 27.7. The molecule has 0 unspecified atom stereocenters. The molecule has 40 heavy (non-hydrogen) atoms. The van der Waals surface area contributed by atoms with Crippen LogP contribution in [0.1, 0.15) is 11.1 Å². The Morgan fingerprint density at radius 3 is 1.23 bits per heavy atom. The first-order valence-electron chi connectivity index (χ1n) is 13.3. The van der Waals surface area contributed by atoms with Crippen molar-refractivity contribution in [3.63, 3.8) is 0 Å². The Labute approximate surface area is 237 Å². The Hall–Kier alpha value is -3.53. The lowest BCUT2D eigenvalue weighted by molar-refractivity contribution is -0.0565. The van der Waals surface area contributed by atoms with Gasteiger partial charge in [0.1, 0.15) is 36.9 Å². The number of para-hydroxylation sites is 2. The van der Waals surface area contributed by atoms with E-state index in [4.69, 9.17) is 9.47 Å². The maximum absolute atomic E-state index is 14.5. The van der Waals surface area contributed by atoms with Crippen LogP contribution in [0.5, 0.6) is 11.5 Å². The summed E-state index contributed by atoms with van der Waals surface area (Å²) in [5.74, 6) is 1.26. The second kappa shape index (κ2) is 13.7. The van der Waals surface area contributed by atoms with Crippen LogP contribution in [0.3, 0.4) is 0 Å². The predicted molar refractivity (Wildman–Crippen MR) is 156 cm³/mol. The van der Waals surface area contributed by atoms with Gasteiger partial charge >= 0.3 is 0 Å². The summed E-state index contributed by atoms with van der Waals surface area (Å²) in [6.45, 7) is 0.647. The monoisotopic (exact) mass is 558 g/mol. The zero-order valence-electron chi connectivity index (χ0n) is 22.1. The highest BCUT2D eigenvalue weighted by molar-refractivity contribution is 7.80. The smallest absolute Gasteiger partial charge is 0.174 e. The van der Waals surface area contributed by atoms with E-state index < -0.39 is 35.5 Å². The molecule has 4 atom stereocenters. The maximum atomic E-state index is 14.5. The third-order valence-corrected chi connectivity index (χ3v) is 8.57. The molecule has 1 heterocycles. The molecule has 1 saturated heterocycles. The minimum absolute atomic E-state index is 0.0340. The van der Waals surface area contributed by atoms with Gasteiger partial charge in [0.25, 0.3) is 0 Å². The van der Waals surface area contributed by atoms with Crippen molar-refractivity contribution >= 4 is 11.2 Å². The molecule has 7 nitrogen and oxygen atoms in total. The number of aliphatic hydroxyl groups is 2. The van der Waals surface area contributed by atoms with Crippen molar-refractivity contribution in [3.05, 3.63) is 132 Å². The van der Waals surface area contributed by atoms with Crippen molar-refractivity contribution in [3.8, 4) is 11.5 Å². The number of hydrogen-bond donors (Lipinski definition) is 2. The summed E-state index contributed by atoms with van der Waals surface area (Å²) in [6.07, 6.45) is -2.52. The average Bonchev–Trinajstić information content (AvgIpc) is 3.07. The van der Waals surface area contributed by atoms with E-state index in [1.165, 1.54) is 0 Å². The molecule has 0 saturated carbocycles. The minimum atomic E-state index is -1.76. The van der Waals surface area contributed by atoms with Crippen LogP contribution in [-0.2, 0) is 24.3 Å². The van der Waals surface area contributed by atoms with Crippen LogP contribution >= 0.6 is 0 Å². The Bertz CT molecular complexity index is 1230. The third-order valence-electron chi connectivity index (χ3n) is 6.97. The van der Waals surface area contributed by atoms with Crippen molar-refractivity contribution < 1.29 is 23.9 Å². The Kier molecular flexibility index (Phi) is 9.59. The highest BCUT2D eigenvalue weighted by atomic mass is 32.2. The molecule has 0 radical (unpaired) electrons. The van der Waals surface area contributed by atoms with Crippen molar-refractivity contribution in [2.75, 3.05) is 13.2 Å². The summed E-state index contributed by atoms with van der Waals surface area (Å²) in [6, 6.07) is 36.4. The topological polar surface area (TPSA) is 82.5 Å². The van der Waals surface area contributed by atoms with Gasteiger partial charge in [-0.05, 0) is 35.4 Å². The van der Waals surface area contributed by atoms with Gasteiger partial charge in [-0.1, -0.05) is 97.1 Å². The van der Waals surface area contributed by atoms with Gasteiger partial charge < -0.3 is 19.7 Å². The standard InChI is InChI=1S/C32H34N2O5S/c35-31-29(23-38-27-17-9-3-10-18-27)33(21-25-13-5-1-6-14-25)40(37)34(22-26-15-7-2-8-16-26)30(32(31)36)24-39-28-19-11-4-12-20-28/h1-20,29-32,35-36H,21-24H2/t29-,30-,31+,32+/m1/s1. The van der Waals surface area contributed by atoms with E-state index in [-0.39, 0.29) is 26.3 Å². The number of rotatable bonds is 10. The first-order valence-corrected chi connectivity index (χ1v) is 14.4. The van der Waals surface area contributed by atoms with Crippen LogP contribution < -0.4 is 9.47 Å². The highest BCUT2D eigenvalue weighted by Crippen LogP contribution is 2.29. The molecule has 0 aliphatic carbocycles. The van der Waals surface area contributed by atoms with Gasteiger partial charge in [-0.3, -0.25) is 0 Å². The van der Waals surface area contributed by atoms with Crippen molar-refractivity contribution in [2.24, 2.45) is 0 Å². The second-order valence-electron chi connectivity index (χ2n) is 9.72. The molecule has 1 aliphatic rings. The fourth-order valence-electron chi connectivity index (χ4n) is 4.79. The molecule has 0 amide bonds. The van der Waals surface area contributed by atoms with Gasteiger partial charge in [0.05, 0.1) is 12.1 Å². The maximum Gasteiger partial charge on any atom is 0.174 e. The predicted octanol–water partition coefficient (Wildman–Crippen LogP) is 4.20. The van der Waals surface area contributed by atoms with Crippen molar-refractivity contribution in [2.45, 2.75) is 37.4 Å². The van der Waals surface area contributed by atoms with Gasteiger partial charge in [0.15, 0.2) is 11.2 Å². The summed E-state index contributed by atoms with van der Waals surface area (Å²) in [5.41, 5.74) is 1.86. The lowest BCUT2D eigenvalue weighted by atomic mass is 9.99. The number of benzene rings is 4. The van der Waals surface area contributed by atoms with Crippen LogP contribution in [0.15, 0.2) is 121 Å². The number of aliphatic hydroxyl groups excluding tert-OH is 2. The third kappa shape index (κ3) is 6.96. The summed E-state index contributed by atoms with van der Waals surface area (Å²) in [5, 5.41) is 23.2. The molecule has 0 aromatic heterocycles. The minimum Gasteiger partial charge on any atom is -0.492 e. The molecule has 0 bridgehead atoms. The molecule has 4 aromatic rings. The molecular weight excluding hydrogens is 524 g/mol. The van der Waals surface area contributed by atoms with E-state index in [1.807, 2.05) is 121 Å². The molecular formula is C32H34N2O5S. The lowest BCUT2D eigenvalue weighted by Gasteiger charge is -2.33. The second-order valence-corrected chi connectivity index (χ2v) is 11.1. The number of ether oxygens (including phenoxy) is 2. The molecule has 1 fully saturated rings. The van der Waals surface area contributed by atoms with Crippen LogP contribution in [-0.4, -0.2) is 60.5 Å². The van der Waals surface area contributed by atoms with E-state index in [2.05, 4.69) is 0 Å². The summed E-state index contributed by atoms with van der Waals surface area (Å²) < 4.78 is 30.1. The van der Waals surface area contributed by atoms with Gasteiger partial charge in [-0.15, -0.1) is 0 Å². The van der Waals surface area contributed by atoms with E-state index >= 15 is 0 Å². The van der Waals surface area contributed by atoms with Gasteiger partial charge in [0, 0.05) is 13.1 Å². The van der Waals surface area contributed by atoms with Crippen LogP contribution in [0.4, 0.5) is 0 Å². The molecule has 4 aromatic carbocycles. The first kappa shape index (κ1) is 28.0. The summed E-state index contributed by atoms with van der Waals surface area (Å²) in [4.78, 5) is 0. The molecule has 0 spiro atoms. The Morgan fingerprint density at radius 2 is 0.875 bits per heavy atom. The van der Waals surface area contributed by atoms with Gasteiger partial charge in [0.2, 0.25) is 0 Å². The largest absolute Gasteiger partial charge is 0.492 e. The van der Waals surface area contributed by atoms with Crippen molar-refractivity contribution in [1.29, 1.82) is 0 Å². The number of hydrogen-bond acceptors (Lipinski definition) is 5. The quantitative estimate of drug-likeness (QED) is 0.305. The van der Waals surface area contributed by atoms with Crippen molar-refractivity contribution in [1.82, 2.24) is 8.61 Å². The Morgan fingerprint density at radius 1 is 0.550 bits per heavy atom. The van der Waals surface area contributed by atoms with E-state index in [0.717, 1.165) is 11.1 Å². The summed E-state index contributed by atoms with van der Waals surface area (Å²) in [7, 11) is 0.